The van der Waals surface area contributed by atoms with E-state index in [0.717, 1.165) is 54.9 Å². The van der Waals surface area contributed by atoms with Gasteiger partial charge >= 0.3 is 0 Å². The van der Waals surface area contributed by atoms with Crippen LogP contribution in [0.5, 0.6) is 0 Å². The minimum Gasteiger partial charge on any atom is -0.344 e. The SMILES string of the molecule is NC1CCC2CN(C(=O)C3CCCN3c3ncnc4sccc34)CC12. The van der Waals surface area contributed by atoms with Crippen molar-refractivity contribution < 1.29 is 4.79 Å². The van der Waals surface area contributed by atoms with E-state index in [-0.39, 0.29) is 18.0 Å². The molecule has 7 heteroatoms. The van der Waals surface area contributed by atoms with Crippen LogP contribution in [-0.2, 0) is 4.79 Å². The fourth-order valence-corrected chi connectivity index (χ4v) is 5.71. The summed E-state index contributed by atoms with van der Waals surface area (Å²) in [5.41, 5.74) is 6.24. The maximum absolute atomic E-state index is 13.2. The van der Waals surface area contributed by atoms with Gasteiger partial charge in [-0.3, -0.25) is 4.79 Å². The van der Waals surface area contributed by atoms with Crippen LogP contribution in [0.3, 0.4) is 0 Å². The van der Waals surface area contributed by atoms with E-state index in [9.17, 15) is 4.79 Å². The second kappa shape index (κ2) is 5.92. The first-order valence-electron chi connectivity index (χ1n) is 9.21. The van der Waals surface area contributed by atoms with Gasteiger partial charge in [-0.1, -0.05) is 0 Å². The predicted octanol–water partition coefficient (Wildman–Crippen LogP) is 1.86. The average molecular weight is 357 g/mol. The van der Waals surface area contributed by atoms with Gasteiger partial charge in [0.05, 0.1) is 5.39 Å². The number of amides is 1. The molecule has 0 radical (unpaired) electrons. The fraction of sp³-hybridized carbons (Fsp3) is 0.611. The lowest BCUT2D eigenvalue weighted by molar-refractivity contribution is -0.131. The molecule has 1 aliphatic carbocycles. The first-order chi connectivity index (χ1) is 12.2. The molecule has 4 heterocycles. The molecule has 1 amide bonds. The van der Waals surface area contributed by atoms with Crippen molar-refractivity contribution in [2.75, 3.05) is 24.5 Å². The van der Waals surface area contributed by atoms with Gasteiger partial charge in [0.1, 0.15) is 23.0 Å². The maximum Gasteiger partial charge on any atom is 0.245 e. The van der Waals surface area contributed by atoms with E-state index in [1.165, 1.54) is 6.42 Å². The molecule has 0 spiro atoms. The molecule has 132 valence electrons. The van der Waals surface area contributed by atoms with Crippen LogP contribution in [0.4, 0.5) is 5.82 Å². The Kier molecular flexibility index (Phi) is 3.67. The molecule has 2 N–H and O–H groups in total. The zero-order valence-electron chi connectivity index (χ0n) is 14.2. The van der Waals surface area contributed by atoms with E-state index in [0.29, 0.717) is 11.8 Å². The number of aromatic nitrogens is 2. The number of rotatable bonds is 2. The van der Waals surface area contributed by atoms with E-state index in [1.807, 2.05) is 5.38 Å². The third kappa shape index (κ3) is 2.44. The van der Waals surface area contributed by atoms with Crippen molar-refractivity contribution in [1.29, 1.82) is 0 Å². The molecule has 3 fully saturated rings. The number of carbonyl (C=O) groups is 1. The summed E-state index contributed by atoms with van der Waals surface area (Å²) < 4.78 is 0. The predicted molar refractivity (Wildman–Crippen MR) is 98.6 cm³/mol. The smallest absolute Gasteiger partial charge is 0.245 e. The highest BCUT2D eigenvalue weighted by molar-refractivity contribution is 7.16. The third-order valence-corrected chi connectivity index (χ3v) is 7.10. The van der Waals surface area contributed by atoms with Crippen LogP contribution in [0.2, 0.25) is 0 Å². The van der Waals surface area contributed by atoms with Gasteiger partial charge in [-0.2, -0.15) is 0 Å². The van der Waals surface area contributed by atoms with E-state index < -0.39 is 0 Å². The quantitative estimate of drug-likeness (QED) is 0.888. The Morgan fingerprint density at radius 3 is 3.04 bits per heavy atom. The number of likely N-dealkylation sites (tertiary alicyclic amines) is 1. The van der Waals surface area contributed by atoms with E-state index in [1.54, 1.807) is 17.7 Å². The lowest BCUT2D eigenvalue weighted by Gasteiger charge is -2.29. The number of hydrogen-bond acceptors (Lipinski definition) is 6. The fourth-order valence-electron chi connectivity index (χ4n) is 4.98. The van der Waals surface area contributed by atoms with Crippen LogP contribution in [-0.4, -0.2) is 52.5 Å². The number of thiophene rings is 1. The molecule has 6 nitrogen and oxygen atoms in total. The summed E-state index contributed by atoms with van der Waals surface area (Å²) in [5.74, 6) is 2.29. The Morgan fingerprint density at radius 2 is 2.16 bits per heavy atom. The summed E-state index contributed by atoms with van der Waals surface area (Å²) >= 11 is 1.62. The number of anilines is 1. The van der Waals surface area contributed by atoms with Gasteiger partial charge in [-0.05, 0) is 49.0 Å². The first kappa shape index (κ1) is 15.5. The topological polar surface area (TPSA) is 75.3 Å². The monoisotopic (exact) mass is 357 g/mol. The number of nitrogens with two attached hydrogens (primary N) is 1. The molecule has 0 aromatic carbocycles. The lowest BCUT2D eigenvalue weighted by Crippen LogP contribution is -2.46. The number of carbonyl (C=O) groups excluding carboxylic acids is 1. The number of nitrogens with zero attached hydrogens (tertiary/aromatic N) is 4. The summed E-state index contributed by atoms with van der Waals surface area (Å²) in [6.45, 7) is 2.62. The molecular formula is C18H23N5OS. The molecule has 2 saturated heterocycles. The Morgan fingerprint density at radius 1 is 1.24 bits per heavy atom. The number of fused-ring (bicyclic) bond motifs is 2. The van der Waals surface area contributed by atoms with Crippen LogP contribution in [0.15, 0.2) is 17.8 Å². The Labute approximate surface area is 151 Å². The lowest BCUT2D eigenvalue weighted by atomic mass is 9.98. The van der Waals surface area contributed by atoms with Gasteiger partial charge in [0.15, 0.2) is 0 Å². The van der Waals surface area contributed by atoms with E-state index in [2.05, 4.69) is 25.8 Å². The molecular weight excluding hydrogens is 334 g/mol. The highest BCUT2D eigenvalue weighted by atomic mass is 32.1. The van der Waals surface area contributed by atoms with Crippen LogP contribution in [0.25, 0.3) is 10.2 Å². The van der Waals surface area contributed by atoms with Crippen molar-refractivity contribution in [3.63, 3.8) is 0 Å². The summed E-state index contributed by atoms with van der Waals surface area (Å²) in [4.78, 5) is 27.4. The minimum atomic E-state index is -0.0898. The van der Waals surface area contributed by atoms with Crippen LogP contribution < -0.4 is 10.6 Å². The van der Waals surface area contributed by atoms with Gasteiger partial charge in [0, 0.05) is 25.7 Å². The Hall–Kier alpha value is -1.73. The normalized spacial score (nSPS) is 31.9. The molecule has 4 atom stereocenters. The van der Waals surface area contributed by atoms with Gasteiger partial charge in [0.2, 0.25) is 5.91 Å². The Balaban J connectivity index is 1.40. The van der Waals surface area contributed by atoms with Gasteiger partial charge in [0.25, 0.3) is 0 Å². The van der Waals surface area contributed by atoms with Crippen molar-refractivity contribution in [2.24, 2.45) is 17.6 Å². The molecule has 2 aromatic rings. The van der Waals surface area contributed by atoms with Crippen molar-refractivity contribution in [2.45, 2.75) is 37.8 Å². The average Bonchev–Trinajstić information content (AvgIpc) is 3.39. The number of hydrogen-bond donors (Lipinski definition) is 1. The van der Waals surface area contributed by atoms with Crippen molar-refractivity contribution in [3.8, 4) is 0 Å². The molecule has 25 heavy (non-hydrogen) atoms. The zero-order valence-corrected chi connectivity index (χ0v) is 15.0. The standard InChI is InChI=1S/C18H23N5OS/c19-14-4-3-11-8-22(9-13(11)14)18(24)15-2-1-6-23(15)16-12-5-7-25-17(12)21-10-20-16/h5,7,10-11,13-15H,1-4,6,8-9,19H2. The first-order valence-corrected chi connectivity index (χ1v) is 10.1. The molecule has 2 aliphatic heterocycles. The largest absolute Gasteiger partial charge is 0.344 e. The van der Waals surface area contributed by atoms with Gasteiger partial charge in [-0.25, -0.2) is 9.97 Å². The molecule has 0 bridgehead atoms. The minimum absolute atomic E-state index is 0.0898. The maximum atomic E-state index is 13.2. The van der Waals surface area contributed by atoms with Crippen molar-refractivity contribution in [3.05, 3.63) is 17.8 Å². The Bertz CT molecular complexity index is 808. The second-order valence-corrected chi connectivity index (χ2v) is 8.49. The summed E-state index contributed by atoms with van der Waals surface area (Å²) in [5, 5.41) is 3.10. The summed E-state index contributed by atoms with van der Waals surface area (Å²) in [7, 11) is 0. The molecule has 5 rings (SSSR count). The van der Waals surface area contributed by atoms with Crippen LogP contribution in [0.1, 0.15) is 25.7 Å². The van der Waals surface area contributed by atoms with Crippen LogP contribution >= 0.6 is 11.3 Å². The zero-order chi connectivity index (χ0) is 17.0. The highest BCUT2D eigenvalue weighted by Crippen LogP contribution is 2.39. The second-order valence-electron chi connectivity index (χ2n) is 7.60. The van der Waals surface area contributed by atoms with Crippen LogP contribution in [0, 0.1) is 11.8 Å². The molecule has 2 aromatic heterocycles. The molecule has 4 unspecified atom stereocenters. The van der Waals surface area contributed by atoms with E-state index in [4.69, 9.17) is 5.73 Å². The van der Waals surface area contributed by atoms with Gasteiger partial charge < -0.3 is 15.5 Å². The van der Waals surface area contributed by atoms with E-state index >= 15 is 0 Å². The van der Waals surface area contributed by atoms with Gasteiger partial charge in [-0.15, -0.1) is 11.3 Å². The highest BCUT2D eigenvalue weighted by Gasteiger charge is 2.45. The summed E-state index contributed by atoms with van der Waals surface area (Å²) in [6, 6.07) is 2.25. The molecule has 3 aliphatic rings. The third-order valence-electron chi connectivity index (χ3n) is 6.27. The molecule has 1 saturated carbocycles. The van der Waals surface area contributed by atoms with Crippen molar-refractivity contribution in [1.82, 2.24) is 14.9 Å². The van der Waals surface area contributed by atoms with Crippen molar-refractivity contribution >= 4 is 33.3 Å². The summed E-state index contributed by atoms with van der Waals surface area (Å²) in [6.07, 6.45) is 5.85.